The molecule has 35 heavy (non-hydrogen) atoms. The summed E-state index contributed by atoms with van der Waals surface area (Å²) in [6.45, 7) is 5.63. The zero-order valence-electron chi connectivity index (χ0n) is 20.5. The number of allylic oxidation sites excluding steroid dienone is 1. The zero-order valence-corrected chi connectivity index (χ0v) is 20.5. The number of methoxy groups -OCH3 is 1. The van der Waals surface area contributed by atoms with Crippen LogP contribution in [0, 0.1) is 0 Å². The molecule has 0 saturated carbocycles. The molecular formula is C28H33NO6. The molecule has 0 aliphatic carbocycles. The molecule has 0 aromatic heterocycles. The Bertz CT molecular complexity index is 1080. The number of aliphatic hydroxyl groups excluding tert-OH is 1. The van der Waals surface area contributed by atoms with Crippen molar-refractivity contribution < 1.29 is 28.9 Å². The number of hydrogen-bond acceptors (Lipinski definition) is 6. The van der Waals surface area contributed by atoms with E-state index < -0.39 is 23.5 Å². The van der Waals surface area contributed by atoms with E-state index in [9.17, 15) is 14.7 Å². The summed E-state index contributed by atoms with van der Waals surface area (Å²) >= 11 is 0. The van der Waals surface area contributed by atoms with Crippen molar-refractivity contribution in [3.05, 3.63) is 77.1 Å². The summed E-state index contributed by atoms with van der Waals surface area (Å²) in [5.74, 6) is -0.409. The third-order valence-corrected chi connectivity index (χ3v) is 5.59. The lowest BCUT2D eigenvalue weighted by atomic mass is 9.95. The van der Waals surface area contributed by atoms with E-state index >= 15 is 0 Å². The van der Waals surface area contributed by atoms with Crippen LogP contribution >= 0.6 is 0 Å². The van der Waals surface area contributed by atoms with Gasteiger partial charge in [0, 0.05) is 20.3 Å². The molecule has 1 aliphatic heterocycles. The Hall–Kier alpha value is -3.58. The number of amides is 1. The summed E-state index contributed by atoms with van der Waals surface area (Å²) in [6, 6.07) is 14.0. The van der Waals surface area contributed by atoms with Crippen LogP contribution in [0.5, 0.6) is 11.5 Å². The Balaban J connectivity index is 2.01. The standard InChI is InChI=1S/C28H33NO6/c1-4-17-35-23-15-13-21(19-24(23)34-5-2)26-25(22(30)14-12-20-10-7-6-8-11-20)27(31)28(32)29(26)16-9-18-33-3/h6-8,10-15,19,26,31H,4-5,9,16-18H2,1-3H3/b14-12+. The van der Waals surface area contributed by atoms with Crippen molar-refractivity contribution in [3.63, 3.8) is 0 Å². The number of hydrogen-bond donors (Lipinski definition) is 1. The first-order valence-corrected chi connectivity index (χ1v) is 11.9. The molecule has 1 atom stereocenters. The second-order valence-corrected chi connectivity index (χ2v) is 8.11. The van der Waals surface area contributed by atoms with Gasteiger partial charge in [0.15, 0.2) is 23.0 Å². The number of aliphatic hydroxyl groups is 1. The Morgan fingerprint density at radius 2 is 1.83 bits per heavy atom. The Kier molecular flexibility index (Phi) is 9.49. The normalized spacial score (nSPS) is 15.8. The van der Waals surface area contributed by atoms with Crippen molar-refractivity contribution in [1.82, 2.24) is 4.90 Å². The maximum absolute atomic E-state index is 13.3. The van der Waals surface area contributed by atoms with Gasteiger partial charge < -0.3 is 24.2 Å². The highest BCUT2D eigenvalue weighted by Crippen LogP contribution is 2.41. The maximum atomic E-state index is 13.3. The third-order valence-electron chi connectivity index (χ3n) is 5.59. The Morgan fingerprint density at radius 1 is 1.06 bits per heavy atom. The van der Waals surface area contributed by atoms with E-state index in [2.05, 4.69) is 0 Å². The predicted octanol–water partition coefficient (Wildman–Crippen LogP) is 4.89. The van der Waals surface area contributed by atoms with Gasteiger partial charge in [-0.25, -0.2) is 0 Å². The van der Waals surface area contributed by atoms with Gasteiger partial charge in [0.2, 0.25) is 0 Å². The molecule has 0 spiro atoms. The molecule has 186 valence electrons. The third kappa shape index (κ3) is 6.31. The van der Waals surface area contributed by atoms with E-state index in [1.165, 1.54) is 11.0 Å². The van der Waals surface area contributed by atoms with Crippen molar-refractivity contribution in [2.75, 3.05) is 33.5 Å². The van der Waals surface area contributed by atoms with Crippen LogP contribution < -0.4 is 9.47 Å². The van der Waals surface area contributed by atoms with Gasteiger partial charge in [-0.2, -0.15) is 0 Å². The lowest BCUT2D eigenvalue weighted by Crippen LogP contribution is -2.32. The van der Waals surface area contributed by atoms with Crippen molar-refractivity contribution >= 4 is 17.8 Å². The van der Waals surface area contributed by atoms with Gasteiger partial charge >= 0.3 is 0 Å². The maximum Gasteiger partial charge on any atom is 0.290 e. The minimum Gasteiger partial charge on any atom is -0.503 e. The zero-order chi connectivity index (χ0) is 25.2. The number of nitrogens with zero attached hydrogens (tertiary/aromatic N) is 1. The number of ether oxygens (including phenoxy) is 3. The fourth-order valence-corrected chi connectivity index (χ4v) is 3.98. The summed E-state index contributed by atoms with van der Waals surface area (Å²) in [6.07, 6.45) is 4.47. The highest BCUT2D eigenvalue weighted by atomic mass is 16.5. The van der Waals surface area contributed by atoms with Crippen LogP contribution in [0.1, 0.15) is 43.9 Å². The molecule has 7 nitrogen and oxygen atoms in total. The molecular weight excluding hydrogens is 446 g/mol. The van der Waals surface area contributed by atoms with Crippen LogP contribution in [0.25, 0.3) is 6.08 Å². The first kappa shape index (κ1) is 26.0. The van der Waals surface area contributed by atoms with Crippen LogP contribution in [0.15, 0.2) is 65.9 Å². The van der Waals surface area contributed by atoms with E-state index in [4.69, 9.17) is 14.2 Å². The monoisotopic (exact) mass is 479 g/mol. The number of benzene rings is 2. The van der Waals surface area contributed by atoms with Gasteiger partial charge in [0.05, 0.1) is 24.8 Å². The van der Waals surface area contributed by atoms with Gasteiger partial charge in [0.1, 0.15) is 0 Å². The lowest BCUT2D eigenvalue weighted by Gasteiger charge is -2.27. The van der Waals surface area contributed by atoms with Crippen molar-refractivity contribution in [2.24, 2.45) is 0 Å². The van der Waals surface area contributed by atoms with Gasteiger partial charge in [-0.15, -0.1) is 0 Å². The smallest absolute Gasteiger partial charge is 0.290 e. The second-order valence-electron chi connectivity index (χ2n) is 8.11. The largest absolute Gasteiger partial charge is 0.503 e. The molecule has 1 heterocycles. The van der Waals surface area contributed by atoms with Crippen LogP contribution in [0.2, 0.25) is 0 Å². The molecule has 0 saturated heterocycles. The SMILES string of the molecule is CCCOc1ccc(C2C(C(=O)/C=C/c3ccccc3)=C(O)C(=O)N2CCCOC)cc1OCC. The van der Waals surface area contributed by atoms with Gasteiger partial charge in [0.25, 0.3) is 5.91 Å². The molecule has 0 bridgehead atoms. The van der Waals surface area contributed by atoms with Crippen molar-refractivity contribution in [2.45, 2.75) is 32.7 Å². The topological polar surface area (TPSA) is 85.3 Å². The molecule has 0 radical (unpaired) electrons. The van der Waals surface area contributed by atoms with Crippen LogP contribution in [-0.2, 0) is 14.3 Å². The second kappa shape index (κ2) is 12.8. The van der Waals surface area contributed by atoms with Gasteiger partial charge in [-0.1, -0.05) is 49.4 Å². The summed E-state index contributed by atoms with van der Waals surface area (Å²) in [4.78, 5) is 27.8. The van der Waals surface area contributed by atoms with E-state index in [0.29, 0.717) is 49.8 Å². The van der Waals surface area contributed by atoms with Crippen molar-refractivity contribution in [3.8, 4) is 11.5 Å². The van der Waals surface area contributed by atoms with Crippen LogP contribution in [0.4, 0.5) is 0 Å². The lowest BCUT2D eigenvalue weighted by molar-refractivity contribution is -0.129. The summed E-state index contributed by atoms with van der Waals surface area (Å²) in [5, 5.41) is 10.8. The fraction of sp³-hybridized carbons (Fsp3) is 0.357. The van der Waals surface area contributed by atoms with Crippen LogP contribution in [-0.4, -0.2) is 55.2 Å². The summed E-state index contributed by atoms with van der Waals surface area (Å²) in [7, 11) is 1.59. The molecule has 1 aliphatic rings. The van der Waals surface area contributed by atoms with E-state index in [-0.39, 0.29) is 5.57 Å². The minimum absolute atomic E-state index is 0.0456. The molecule has 1 N–H and O–H groups in total. The van der Waals surface area contributed by atoms with E-state index in [1.54, 1.807) is 25.3 Å². The highest BCUT2D eigenvalue weighted by Gasteiger charge is 2.42. The molecule has 1 unspecified atom stereocenters. The van der Waals surface area contributed by atoms with E-state index in [0.717, 1.165) is 12.0 Å². The number of rotatable bonds is 13. The van der Waals surface area contributed by atoms with Gasteiger partial charge in [-0.05, 0) is 49.1 Å². The number of carbonyl (C=O) groups excluding carboxylic acids is 2. The first-order chi connectivity index (χ1) is 17.0. The fourth-order valence-electron chi connectivity index (χ4n) is 3.98. The average Bonchev–Trinajstić information content (AvgIpc) is 3.12. The molecule has 2 aromatic rings. The first-order valence-electron chi connectivity index (χ1n) is 11.9. The Morgan fingerprint density at radius 3 is 2.51 bits per heavy atom. The molecule has 1 amide bonds. The van der Waals surface area contributed by atoms with E-state index in [1.807, 2.05) is 50.2 Å². The minimum atomic E-state index is -0.758. The summed E-state index contributed by atoms with van der Waals surface area (Å²) < 4.78 is 16.7. The average molecular weight is 480 g/mol. The molecule has 7 heteroatoms. The highest BCUT2D eigenvalue weighted by molar-refractivity contribution is 6.14. The summed E-state index contributed by atoms with van der Waals surface area (Å²) in [5.41, 5.74) is 1.54. The van der Waals surface area contributed by atoms with Crippen molar-refractivity contribution in [1.29, 1.82) is 0 Å². The number of ketones is 1. The van der Waals surface area contributed by atoms with Gasteiger partial charge in [-0.3, -0.25) is 9.59 Å². The predicted molar refractivity (Wildman–Crippen MR) is 134 cm³/mol. The molecule has 0 fully saturated rings. The molecule has 3 rings (SSSR count). The number of carbonyl (C=O) groups is 2. The van der Waals surface area contributed by atoms with Crippen LogP contribution in [0.3, 0.4) is 0 Å². The quantitative estimate of drug-likeness (QED) is 0.325. The Labute approximate surface area is 206 Å². The molecule has 2 aromatic carbocycles.